The second-order valence-electron chi connectivity index (χ2n) is 3.27. The first-order chi connectivity index (χ1) is 7.19. The maximum absolute atomic E-state index is 11.6. The van der Waals surface area contributed by atoms with E-state index in [2.05, 4.69) is 9.99 Å². The molecule has 0 saturated carbocycles. The summed E-state index contributed by atoms with van der Waals surface area (Å²) in [5, 5.41) is 3.76. The van der Waals surface area contributed by atoms with Gasteiger partial charge in [0.05, 0.1) is 0 Å². The van der Waals surface area contributed by atoms with Crippen LogP contribution in [0.3, 0.4) is 0 Å². The monoisotopic (exact) mass is 205 g/mol. The van der Waals surface area contributed by atoms with Gasteiger partial charge in [0.15, 0.2) is 11.5 Å². The van der Waals surface area contributed by atoms with Gasteiger partial charge >= 0.3 is 0 Å². The minimum Gasteiger partial charge on any atom is -0.399 e. The zero-order valence-electron chi connectivity index (χ0n) is 9.28. The van der Waals surface area contributed by atoms with Crippen molar-refractivity contribution in [1.29, 1.82) is 0 Å². The Balaban J connectivity index is 3.05. The molecule has 0 aliphatic rings. The molecule has 0 spiro atoms. The largest absolute Gasteiger partial charge is 0.399 e. The lowest BCUT2D eigenvalue weighted by molar-refractivity contribution is -0.112. The number of carbonyl (C=O) groups is 1. The smallest absolute Gasteiger partial charge is 0.184 e. The van der Waals surface area contributed by atoms with Crippen molar-refractivity contribution in [3.05, 3.63) is 35.4 Å². The first kappa shape index (κ1) is 11.4. The molecule has 80 valence electrons. The molecule has 0 aliphatic carbocycles. The molecule has 15 heavy (non-hydrogen) atoms. The predicted molar refractivity (Wildman–Crippen MR) is 60.0 cm³/mol. The molecule has 0 unspecified atom stereocenters. The standard InChI is InChI=1S/C12H15NO2/c1-4-11(14)12(13-15-3)10-7-5-9(2)6-8-10/h5-8H,4H2,1-3H3/b13-12-. The third kappa shape index (κ3) is 2.91. The topological polar surface area (TPSA) is 38.7 Å². The van der Waals surface area contributed by atoms with Crippen LogP contribution in [0.2, 0.25) is 0 Å². The summed E-state index contributed by atoms with van der Waals surface area (Å²) in [6, 6.07) is 7.65. The SMILES string of the molecule is CCC(=O)/C(=N\OC)c1ccc(C)cc1. The van der Waals surface area contributed by atoms with E-state index in [1.54, 1.807) is 0 Å². The molecule has 1 aromatic rings. The molecule has 0 bridgehead atoms. The highest BCUT2D eigenvalue weighted by atomic mass is 16.6. The van der Waals surface area contributed by atoms with E-state index in [-0.39, 0.29) is 5.78 Å². The highest BCUT2D eigenvalue weighted by Crippen LogP contribution is 2.07. The van der Waals surface area contributed by atoms with E-state index in [9.17, 15) is 4.79 Å². The van der Waals surface area contributed by atoms with Crippen LogP contribution in [0.4, 0.5) is 0 Å². The van der Waals surface area contributed by atoms with Crippen molar-refractivity contribution < 1.29 is 9.63 Å². The summed E-state index contributed by atoms with van der Waals surface area (Å²) in [6.45, 7) is 3.81. The molecule has 0 atom stereocenters. The Labute approximate surface area is 89.7 Å². The van der Waals surface area contributed by atoms with Crippen molar-refractivity contribution in [3.63, 3.8) is 0 Å². The Morgan fingerprint density at radius 1 is 1.33 bits per heavy atom. The van der Waals surface area contributed by atoms with Crippen LogP contribution in [-0.4, -0.2) is 18.6 Å². The summed E-state index contributed by atoms with van der Waals surface area (Å²) >= 11 is 0. The second kappa shape index (κ2) is 5.29. The summed E-state index contributed by atoms with van der Waals surface area (Å²) in [7, 11) is 1.44. The molecule has 0 saturated heterocycles. The van der Waals surface area contributed by atoms with Gasteiger partial charge in [-0.25, -0.2) is 0 Å². The summed E-state index contributed by atoms with van der Waals surface area (Å²) in [5.41, 5.74) is 2.34. The molecule has 0 amide bonds. The number of Topliss-reactive ketones (excluding diaryl/α,β-unsaturated/α-hetero) is 1. The Hall–Kier alpha value is -1.64. The second-order valence-corrected chi connectivity index (χ2v) is 3.27. The zero-order chi connectivity index (χ0) is 11.3. The number of aryl methyl sites for hydroxylation is 1. The average molecular weight is 205 g/mol. The van der Waals surface area contributed by atoms with E-state index in [1.165, 1.54) is 7.11 Å². The lowest BCUT2D eigenvalue weighted by atomic mass is 10.0. The van der Waals surface area contributed by atoms with Gasteiger partial charge in [0.2, 0.25) is 0 Å². The van der Waals surface area contributed by atoms with E-state index >= 15 is 0 Å². The first-order valence-corrected chi connectivity index (χ1v) is 4.90. The maximum atomic E-state index is 11.6. The van der Waals surface area contributed by atoms with Gasteiger partial charge in [-0.2, -0.15) is 0 Å². The van der Waals surface area contributed by atoms with Crippen LogP contribution in [0.15, 0.2) is 29.4 Å². The average Bonchev–Trinajstić information content (AvgIpc) is 2.26. The number of ketones is 1. The number of hydrogen-bond donors (Lipinski definition) is 0. The van der Waals surface area contributed by atoms with E-state index in [0.717, 1.165) is 11.1 Å². The molecule has 1 aromatic carbocycles. The molecule has 3 heteroatoms. The van der Waals surface area contributed by atoms with Gasteiger partial charge in [0, 0.05) is 12.0 Å². The van der Waals surface area contributed by atoms with Gasteiger partial charge in [-0.3, -0.25) is 4.79 Å². The van der Waals surface area contributed by atoms with E-state index < -0.39 is 0 Å². The first-order valence-electron chi connectivity index (χ1n) is 4.90. The fourth-order valence-corrected chi connectivity index (χ4v) is 1.23. The number of hydrogen-bond acceptors (Lipinski definition) is 3. The highest BCUT2D eigenvalue weighted by molar-refractivity contribution is 6.45. The van der Waals surface area contributed by atoms with Crippen LogP contribution in [-0.2, 0) is 9.63 Å². The third-order valence-corrected chi connectivity index (χ3v) is 2.09. The fraction of sp³-hybridized carbons (Fsp3) is 0.333. The molecular formula is C12H15NO2. The summed E-state index contributed by atoms with van der Waals surface area (Å²) < 4.78 is 0. The van der Waals surface area contributed by atoms with Gasteiger partial charge in [0.25, 0.3) is 0 Å². The molecule has 3 nitrogen and oxygen atoms in total. The van der Waals surface area contributed by atoms with Crippen molar-refractivity contribution in [2.24, 2.45) is 5.16 Å². The molecule has 0 aliphatic heterocycles. The number of carbonyl (C=O) groups excluding carboxylic acids is 1. The summed E-state index contributed by atoms with van der Waals surface area (Å²) in [4.78, 5) is 16.3. The lowest BCUT2D eigenvalue weighted by Crippen LogP contribution is -2.14. The van der Waals surface area contributed by atoms with E-state index in [1.807, 2.05) is 38.1 Å². The minimum absolute atomic E-state index is 0.0132. The van der Waals surface area contributed by atoms with Crippen molar-refractivity contribution >= 4 is 11.5 Å². The highest BCUT2D eigenvalue weighted by Gasteiger charge is 2.12. The Morgan fingerprint density at radius 3 is 2.40 bits per heavy atom. The van der Waals surface area contributed by atoms with Crippen LogP contribution in [0.25, 0.3) is 0 Å². The Kier molecular flexibility index (Phi) is 4.03. The van der Waals surface area contributed by atoms with Gasteiger partial charge in [-0.1, -0.05) is 41.9 Å². The Morgan fingerprint density at radius 2 is 1.93 bits per heavy atom. The lowest BCUT2D eigenvalue weighted by Gasteiger charge is -2.03. The fourth-order valence-electron chi connectivity index (χ4n) is 1.23. The third-order valence-electron chi connectivity index (χ3n) is 2.09. The number of benzene rings is 1. The van der Waals surface area contributed by atoms with Crippen molar-refractivity contribution in [3.8, 4) is 0 Å². The molecule has 1 rings (SSSR count). The van der Waals surface area contributed by atoms with Crippen LogP contribution in [0.5, 0.6) is 0 Å². The quantitative estimate of drug-likeness (QED) is 0.559. The van der Waals surface area contributed by atoms with E-state index in [0.29, 0.717) is 12.1 Å². The van der Waals surface area contributed by atoms with Gasteiger partial charge < -0.3 is 4.84 Å². The van der Waals surface area contributed by atoms with Gasteiger partial charge in [-0.05, 0) is 6.92 Å². The predicted octanol–water partition coefficient (Wildman–Crippen LogP) is 2.32. The molecule has 0 aromatic heterocycles. The van der Waals surface area contributed by atoms with Crippen LogP contribution >= 0.6 is 0 Å². The Bertz CT molecular complexity index is 366. The summed E-state index contributed by atoms with van der Waals surface area (Å²) in [6.07, 6.45) is 0.427. The molecule has 0 fully saturated rings. The molecule has 0 N–H and O–H groups in total. The molecule has 0 heterocycles. The van der Waals surface area contributed by atoms with E-state index in [4.69, 9.17) is 0 Å². The van der Waals surface area contributed by atoms with Crippen LogP contribution < -0.4 is 0 Å². The number of oxime groups is 1. The minimum atomic E-state index is -0.0132. The molecule has 0 radical (unpaired) electrons. The van der Waals surface area contributed by atoms with Crippen molar-refractivity contribution in [2.45, 2.75) is 20.3 Å². The normalized spacial score (nSPS) is 11.3. The van der Waals surface area contributed by atoms with Crippen molar-refractivity contribution in [1.82, 2.24) is 0 Å². The zero-order valence-corrected chi connectivity index (χ0v) is 9.28. The number of nitrogens with zero attached hydrogens (tertiary/aromatic N) is 1. The molecular weight excluding hydrogens is 190 g/mol. The summed E-state index contributed by atoms with van der Waals surface area (Å²) in [5.74, 6) is -0.0132. The number of rotatable bonds is 4. The van der Waals surface area contributed by atoms with Gasteiger partial charge in [0.1, 0.15) is 7.11 Å². The van der Waals surface area contributed by atoms with Crippen LogP contribution in [0, 0.1) is 6.92 Å². The maximum Gasteiger partial charge on any atom is 0.184 e. The van der Waals surface area contributed by atoms with Crippen molar-refractivity contribution in [2.75, 3.05) is 7.11 Å². The van der Waals surface area contributed by atoms with Crippen LogP contribution in [0.1, 0.15) is 24.5 Å². The van der Waals surface area contributed by atoms with Gasteiger partial charge in [-0.15, -0.1) is 0 Å².